The molecule has 2 aromatic rings. The summed E-state index contributed by atoms with van der Waals surface area (Å²) in [6, 6.07) is 18.4. The molecule has 0 heterocycles. The molecule has 0 N–H and O–H groups in total. The van der Waals surface area contributed by atoms with Gasteiger partial charge in [0.05, 0.1) is 0 Å². The van der Waals surface area contributed by atoms with Crippen LogP contribution in [0.3, 0.4) is 0 Å². The summed E-state index contributed by atoms with van der Waals surface area (Å²) in [5, 5.41) is 3.31. The number of hydrogen-bond donors (Lipinski definition) is 0. The monoisotopic (exact) mass is 640 g/mol. The van der Waals surface area contributed by atoms with E-state index in [1.165, 1.54) is 109 Å². The van der Waals surface area contributed by atoms with E-state index in [1.54, 1.807) is 31.0 Å². The van der Waals surface area contributed by atoms with E-state index in [0.717, 1.165) is 0 Å². The second kappa shape index (κ2) is 23.5. The van der Waals surface area contributed by atoms with Crippen molar-refractivity contribution in [3.05, 3.63) is 69.1 Å². The minimum absolute atomic E-state index is 0. The molecule has 0 saturated carbocycles. The van der Waals surface area contributed by atoms with Crippen molar-refractivity contribution >= 4 is 19.9 Å². The fraction of sp³-hybridized carbons (Fsp3) is 0.588. The number of fused-ring (bicyclic) bond motifs is 1. The number of unbranched alkanes of at least 4 members (excludes halogenated alkanes) is 15. The van der Waals surface area contributed by atoms with Gasteiger partial charge in [-0.2, -0.15) is 0 Å². The minimum Gasteiger partial charge on any atom is -1.00 e. The molecule has 216 valence electrons. The summed E-state index contributed by atoms with van der Waals surface area (Å²) in [5.41, 5.74) is 4.87. The van der Waals surface area contributed by atoms with Crippen molar-refractivity contribution in [2.75, 3.05) is 0 Å². The van der Waals surface area contributed by atoms with Crippen molar-refractivity contribution in [3.63, 3.8) is 0 Å². The van der Waals surface area contributed by atoms with E-state index >= 15 is 0 Å². The molecular formula is C34H51Cl3SiTi. The van der Waals surface area contributed by atoms with E-state index in [4.69, 9.17) is 0 Å². The SMILES string of the molecule is CCCCCCCCCCCCCCCCCCc1cccc2c1C([SiH2]c1ccccc1)=[C]([Ti+3])C2C.[Cl-].[Cl-].[Cl-]. The Balaban J connectivity index is 0.00000481. The van der Waals surface area contributed by atoms with Crippen molar-refractivity contribution in [1.29, 1.82) is 0 Å². The zero-order chi connectivity index (χ0) is 25.4. The summed E-state index contributed by atoms with van der Waals surface area (Å²) in [5.74, 6) is 0.594. The molecule has 3 rings (SSSR count). The topological polar surface area (TPSA) is 0 Å². The number of halogens is 3. The third kappa shape index (κ3) is 13.7. The maximum absolute atomic E-state index is 2.43. The first-order valence-electron chi connectivity index (χ1n) is 15.3. The molecule has 1 unspecified atom stereocenters. The number of allylic oxidation sites excluding steroid dienone is 1. The molecule has 0 aliphatic heterocycles. The number of aryl methyl sites for hydroxylation is 1. The quantitative estimate of drug-likeness (QED) is 0.153. The van der Waals surface area contributed by atoms with Crippen LogP contribution in [0.5, 0.6) is 0 Å². The van der Waals surface area contributed by atoms with Crippen LogP contribution in [0.1, 0.15) is 139 Å². The van der Waals surface area contributed by atoms with Gasteiger partial charge in [-0.15, -0.1) is 0 Å². The van der Waals surface area contributed by atoms with Gasteiger partial charge in [-0.25, -0.2) is 0 Å². The molecule has 5 heteroatoms. The standard InChI is InChI=1S/C34H51Si.3ClH.Ti/c1-3-4-5-6-7-8-9-10-11-12-13-14-15-16-17-19-23-30-24-22-27-32-29(2)28-33(34(30)32)35-31-25-20-18-21-26-31;;;;/h18,20-22,24-27,29H,3-17,19,23,35H2,1-2H3;3*1H;/q;;;;+3/p-3. The van der Waals surface area contributed by atoms with Gasteiger partial charge in [-0.1, -0.05) is 64.7 Å². The van der Waals surface area contributed by atoms with Crippen LogP contribution < -0.4 is 42.4 Å². The molecule has 2 aromatic carbocycles. The van der Waals surface area contributed by atoms with Gasteiger partial charge in [0.2, 0.25) is 0 Å². The smallest absolute Gasteiger partial charge is 1.00 e. The summed E-state index contributed by atoms with van der Waals surface area (Å²) in [4.78, 5) is 0. The number of hydrogen-bond acceptors (Lipinski definition) is 0. The van der Waals surface area contributed by atoms with E-state index in [-0.39, 0.29) is 37.2 Å². The molecule has 1 aliphatic carbocycles. The van der Waals surface area contributed by atoms with Crippen LogP contribution in [-0.2, 0) is 26.9 Å². The van der Waals surface area contributed by atoms with Crippen molar-refractivity contribution in [1.82, 2.24) is 0 Å². The Hall–Kier alpha value is -0.0188. The Bertz CT molecular complexity index is 916. The fourth-order valence-electron chi connectivity index (χ4n) is 5.96. The maximum Gasteiger partial charge on any atom is -1.00 e. The Morgan fingerprint density at radius 3 is 1.62 bits per heavy atom. The van der Waals surface area contributed by atoms with Gasteiger partial charge in [0, 0.05) is 0 Å². The first-order chi connectivity index (χ1) is 17.7. The summed E-state index contributed by atoms with van der Waals surface area (Å²) in [7, 11) is -0.422. The van der Waals surface area contributed by atoms with Gasteiger partial charge in [0.15, 0.2) is 0 Å². The fourth-order valence-corrected chi connectivity index (χ4v) is 8.83. The van der Waals surface area contributed by atoms with Crippen LogP contribution in [0.4, 0.5) is 0 Å². The molecule has 1 atom stereocenters. The molecule has 0 spiro atoms. The van der Waals surface area contributed by atoms with Gasteiger partial charge in [-0.05, 0) is 0 Å². The first-order valence-corrected chi connectivity index (χ1v) is 17.5. The largest absolute Gasteiger partial charge is 1.00 e. The van der Waals surface area contributed by atoms with Crippen molar-refractivity contribution in [2.45, 2.75) is 129 Å². The molecule has 0 aromatic heterocycles. The first kappa shape index (κ1) is 39.0. The molecular weight excluding hydrogens is 591 g/mol. The van der Waals surface area contributed by atoms with E-state index < -0.39 is 9.52 Å². The normalized spacial score (nSPS) is 14.2. The van der Waals surface area contributed by atoms with Crippen LogP contribution >= 0.6 is 0 Å². The van der Waals surface area contributed by atoms with Gasteiger partial charge in [-0.3, -0.25) is 0 Å². The van der Waals surface area contributed by atoms with Gasteiger partial charge >= 0.3 is 174 Å². The zero-order valence-corrected chi connectivity index (χ0v) is 29.8. The average molecular weight is 642 g/mol. The summed E-state index contributed by atoms with van der Waals surface area (Å²) in [6.45, 7) is 4.72. The van der Waals surface area contributed by atoms with Crippen LogP contribution in [0, 0.1) is 0 Å². The van der Waals surface area contributed by atoms with Crippen LogP contribution in [0.25, 0.3) is 5.20 Å². The summed E-state index contributed by atoms with van der Waals surface area (Å²) in [6.07, 6.45) is 24.3. The number of rotatable bonds is 19. The van der Waals surface area contributed by atoms with Crippen LogP contribution in [-0.4, -0.2) is 9.52 Å². The molecule has 0 fully saturated rings. The second-order valence-corrected chi connectivity index (χ2v) is 13.9. The van der Waals surface area contributed by atoms with E-state index in [1.807, 2.05) is 0 Å². The predicted octanol–water partition coefficient (Wildman–Crippen LogP) is 0.329. The Morgan fingerprint density at radius 1 is 0.615 bits per heavy atom. The summed E-state index contributed by atoms with van der Waals surface area (Å²) >= 11 is 2.40. The van der Waals surface area contributed by atoms with Crippen LogP contribution in [0.2, 0.25) is 0 Å². The minimum atomic E-state index is -0.422. The molecule has 39 heavy (non-hydrogen) atoms. The van der Waals surface area contributed by atoms with Crippen molar-refractivity contribution in [2.24, 2.45) is 0 Å². The van der Waals surface area contributed by atoms with E-state index in [0.29, 0.717) is 5.92 Å². The Kier molecular flexibility index (Phi) is 23.5. The predicted molar refractivity (Wildman–Crippen MR) is 160 cm³/mol. The third-order valence-electron chi connectivity index (χ3n) is 8.23. The molecule has 0 nitrogen and oxygen atoms in total. The molecule has 0 amide bonds. The van der Waals surface area contributed by atoms with Crippen molar-refractivity contribution < 1.29 is 57.7 Å². The Labute approximate surface area is 273 Å². The number of benzene rings is 2. The summed E-state index contributed by atoms with van der Waals surface area (Å²) < 4.78 is 1.64. The average Bonchev–Trinajstić information content (AvgIpc) is 3.14. The second-order valence-electron chi connectivity index (χ2n) is 11.2. The molecule has 0 saturated heterocycles. The molecule has 0 bridgehead atoms. The Morgan fingerprint density at radius 2 is 1.10 bits per heavy atom. The van der Waals surface area contributed by atoms with E-state index in [9.17, 15) is 0 Å². The van der Waals surface area contributed by atoms with Gasteiger partial charge in [0.1, 0.15) is 0 Å². The zero-order valence-electron chi connectivity index (χ0n) is 24.6. The van der Waals surface area contributed by atoms with Gasteiger partial charge < -0.3 is 37.2 Å². The molecule has 1 aliphatic rings. The van der Waals surface area contributed by atoms with Crippen LogP contribution in [0.15, 0.2) is 52.4 Å². The maximum atomic E-state index is 2.43. The van der Waals surface area contributed by atoms with Crippen molar-refractivity contribution in [3.8, 4) is 0 Å². The molecule has 0 radical (unpaired) electrons. The third-order valence-corrected chi connectivity index (χ3v) is 11.9. The van der Waals surface area contributed by atoms with E-state index in [2.05, 4.69) is 82.8 Å². The van der Waals surface area contributed by atoms with Gasteiger partial charge in [0.25, 0.3) is 0 Å².